The molecule has 0 unspecified atom stereocenters. The van der Waals surface area contributed by atoms with Crippen LogP contribution in [0.1, 0.15) is 43.4 Å². The minimum Gasteiger partial charge on any atom is -0.355 e. The van der Waals surface area contributed by atoms with Crippen LogP contribution in [0.15, 0.2) is 17.5 Å². The number of hydrogen-bond acceptors (Lipinski definition) is 4. The molecule has 4 rings (SSSR count). The zero-order valence-corrected chi connectivity index (χ0v) is 18.1. The molecule has 2 atom stereocenters. The first-order valence-corrected chi connectivity index (χ1v) is 11.4. The molecule has 1 aliphatic carbocycles. The van der Waals surface area contributed by atoms with E-state index < -0.39 is 0 Å². The van der Waals surface area contributed by atoms with Crippen molar-refractivity contribution in [3.05, 3.63) is 22.4 Å². The SMILES string of the molecule is Cl.O=C(NCCc1cccs1)C1CCN(C(=O)[C@@]23CCCC[C@H]2CNC3)CC1. The number of rotatable bonds is 5. The van der Waals surface area contributed by atoms with Gasteiger partial charge in [-0.05, 0) is 56.0 Å². The largest absolute Gasteiger partial charge is 0.355 e. The number of likely N-dealkylation sites (tertiary alicyclic amines) is 1. The molecule has 5 nitrogen and oxygen atoms in total. The molecule has 2 aliphatic heterocycles. The van der Waals surface area contributed by atoms with Crippen LogP contribution in [0.3, 0.4) is 0 Å². The maximum atomic E-state index is 13.3. The molecule has 0 aromatic carbocycles. The van der Waals surface area contributed by atoms with Crippen LogP contribution in [0.25, 0.3) is 0 Å². The second-order valence-corrected chi connectivity index (χ2v) is 9.45. The number of carbonyl (C=O) groups is 2. The molecule has 0 radical (unpaired) electrons. The molecule has 7 heteroatoms. The summed E-state index contributed by atoms with van der Waals surface area (Å²) in [5.41, 5.74) is -0.159. The number of halogens is 1. The summed E-state index contributed by atoms with van der Waals surface area (Å²) >= 11 is 1.73. The highest BCUT2D eigenvalue weighted by Gasteiger charge is 2.51. The second kappa shape index (κ2) is 9.59. The van der Waals surface area contributed by atoms with Gasteiger partial charge in [-0.15, -0.1) is 23.7 Å². The summed E-state index contributed by atoms with van der Waals surface area (Å²) in [6.07, 6.45) is 7.14. The Morgan fingerprint density at radius 1 is 1.25 bits per heavy atom. The lowest BCUT2D eigenvalue weighted by Crippen LogP contribution is -2.52. The maximum absolute atomic E-state index is 13.3. The predicted octanol–water partition coefficient (Wildman–Crippen LogP) is 2.85. The molecule has 0 bridgehead atoms. The van der Waals surface area contributed by atoms with E-state index in [2.05, 4.69) is 27.0 Å². The molecule has 2 saturated heterocycles. The molecule has 0 spiro atoms. The fourth-order valence-corrected chi connectivity index (χ4v) is 5.95. The van der Waals surface area contributed by atoms with Gasteiger partial charge in [0.1, 0.15) is 0 Å². The van der Waals surface area contributed by atoms with E-state index in [1.54, 1.807) is 11.3 Å². The number of piperidine rings is 1. The summed E-state index contributed by atoms with van der Waals surface area (Å²) in [6, 6.07) is 4.15. The van der Waals surface area contributed by atoms with Crippen LogP contribution in [0.2, 0.25) is 0 Å². The van der Waals surface area contributed by atoms with Crippen molar-refractivity contribution >= 4 is 35.6 Å². The Labute approximate surface area is 178 Å². The van der Waals surface area contributed by atoms with Crippen molar-refractivity contribution in [1.29, 1.82) is 0 Å². The van der Waals surface area contributed by atoms with E-state index in [4.69, 9.17) is 0 Å². The molecule has 1 aromatic heterocycles. The predicted molar refractivity (Wildman–Crippen MR) is 115 cm³/mol. The highest BCUT2D eigenvalue weighted by molar-refractivity contribution is 7.09. The van der Waals surface area contributed by atoms with Crippen molar-refractivity contribution in [2.75, 3.05) is 32.7 Å². The molecule has 3 heterocycles. The first-order chi connectivity index (χ1) is 13.2. The number of fused-ring (bicyclic) bond motifs is 1. The molecule has 2 N–H and O–H groups in total. The van der Waals surface area contributed by atoms with Gasteiger partial charge in [0.25, 0.3) is 0 Å². The maximum Gasteiger partial charge on any atom is 0.230 e. The Bertz CT molecular complexity index is 661. The van der Waals surface area contributed by atoms with Crippen molar-refractivity contribution < 1.29 is 9.59 Å². The smallest absolute Gasteiger partial charge is 0.230 e. The van der Waals surface area contributed by atoms with E-state index in [1.807, 2.05) is 6.07 Å². The third-order valence-electron chi connectivity index (χ3n) is 6.87. The Kier molecular flexibility index (Phi) is 7.40. The minimum absolute atomic E-state index is 0. The number of carbonyl (C=O) groups excluding carboxylic acids is 2. The lowest BCUT2D eigenvalue weighted by atomic mass is 9.67. The van der Waals surface area contributed by atoms with Crippen molar-refractivity contribution in [2.45, 2.75) is 44.9 Å². The van der Waals surface area contributed by atoms with Gasteiger partial charge in [-0.2, -0.15) is 0 Å². The Hall–Kier alpha value is -1.11. The van der Waals surface area contributed by atoms with Gasteiger partial charge in [0, 0.05) is 37.0 Å². The highest BCUT2D eigenvalue weighted by atomic mass is 35.5. The van der Waals surface area contributed by atoms with Gasteiger partial charge in [-0.3, -0.25) is 9.59 Å². The summed E-state index contributed by atoms with van der Waals surface area (Å²) < 4.78 is 0. The first kappa shape index (κ1) is 21.6. The summed E-state index contributed by atoms with van der Waals surface area (Å²) in [7, 11) is 0. The minimum atomic E-state index is -0.159. The number of hydrogen-bond donors (Lipinski definition) is 2. The molecule has 2 amide bonds. The first-order valence-electron chi connectivity index (χ1n) is 10.5. The van der Waals surface area contributed by atoms with Crippen molar-refractivity contribution in [3.63, 3.8) is 0 Å². The highest BCUT2D eigenvalue weighted by Crippen LogP contribution is 2.45. The summed E-state index contributed by atoms with van der Waals surface area (Å²) in [4.78, 5) is 29.2. The van der Waals surface area contributed by atoms with Crippen LogP contribution in [0.4, 0.5) is 0 Å². The van der Waals surface area contributed by atoms with Gasteiger partial charge in [-0.1, -0.05) is 18.9 Å². The molecule has 3 aliphatic rings. The molecular formula is C21H32ClN3O2S. The molecule has 1 aromatic rings. The lowest BCUT2D eigenvalue weighted by Gasteiger charge is -2.42. The monoisotopic (exact) mass is 425 g/mol. The van der Waals surface area contributed by atoms with E-state index in [1.165, 1.54) is 24.1 Å². The fraction of sp³-hybridized carbons (Fsp3) is 0.714. The van der Waals surface area contributed by atoms with E-state index in [0.29, 0.717) is 18.4 Å². The molecule has 1 saturated carbocycles. The summed E-state index contributed by atoms with van der Waals surface area (Å²) in [5.74, 6) is 1.08. The number of nitrogens with one attached hydrogen (secondary N) is 2. The average molecular weight is 426 g/mol. The number of thiophene rings is 1. The molecule has 3 fully saturated rings. The van der Waals surface area contributed by atoms with Gasteiger partial charge in [-0.25, -0.2) is 0 Å². The van der Waals surface area contributed by atoms with E-state index >= 15 is 0 Å². The normalized spacial score (nSPS) is 27.7. The average Bonchev–Trinajstić information content (AvgIpc) is 3.37. The summed E-state index contributed by atoms with van der Waals surface area (Å²) in [5, 5.41) is 8.63. The Balaban J connectivity index is 0.00000225. The van der Waals surface area contributed by atoms with Gasteiger partial charge in [0.05, 0.1) is 5.41 Å². The van der Waals surface area contributed by atoms with Crippen LogP contribution in [-0.4, -0.2) is 49.4 Å². The zero-order valence-electron chi connectivity index (χ0n) is 16.5. The van der Waals surface area contributed by atoms with Crippen molar-refractivity contribution in [3.8, 4) is 0 Å². The molecular weight excluding hydrogens is 394 g/mol. The van der Waals surface area contributed by atoms with Crippen molar-refractivity contribution in [2.24, 2.45) is 17.3 Å². The van der Waals surface area contributed by atoms with Crippen LogP contribution in [-0.2, 0) is 16.0 Å². The van der Waals surface area contributed by atoms with Gasteiger partial charge < -0.3 is 15.5 Å². The Morgan fingerprint density at radius 3 is 2.82 bits per heavy atom. The number of amides is 2. The van der Waals surface area contributed by atoms with Gasteiger partial charge in [0.2, 0.25) is 11.8 Å². The van der Waals surface area contributed by atoms with E-state index in [9.17, 15) is 9.59 Å². The molecule has 28 heavy (non-hydrogen) atoms. The summed E-state index contributed by atoms with van der Waals surface area (Å²) in [6.45, 7) is 4.01. The fourth-order valence-electron chi connectivity index (χ4n) is 5.24. The third kappa shape index (κ3) is 4.39. The van der Waals surface area contributed by atoms with Gasteiger partial charge >= 0.3 is 0 Å². The Morgan fingerprint density at radius 2 is 2.07 bits per heavy atom. The lowest BCUT2D eigenvalue weighted by molar-refractivity contribution is -0.148. The third-order valence-corrected chi connectivity index (χ3v) is 7.80. The van der Waals surface area contributed by atoms with Gasteiger partial charge in [0.15, 0.2) is 0 Å². The number of nitrogens with zero attached hydrogens (tertiary/aromatic N) is 1. The standard InChI is InChI=1S/C21H31N3O2S.ClH/c25-19(23-10-6-18-5-3-13-27-18)16-7-11-24(12-8-16)20(26)21-9-2-1-4-17(21)14-22-15-21;/h3,5,13,16-17,22H,1-2,4,6-12,14-15H2,(H,23,25);1H/t17-,21+;/m0./s1. The van der Waals surface area contributed by atoms with E-state index in [-0.39, 0.29) is 29.6 Å². The second-order valence-electron chi connectivity index (χ2n) is 8.42. The quantitative estimate of drug-likeness (QED) is 0.762. The van der Waals surface area contributed by atoms with E-state index in [0.717, 1.165) is 51.9 Å². The zero-order chi connectivity index (χ0) is 18.7. The van der Waals surface area contributed by atoms with Crippen LogP contribution >= 0.6 is 23.7 Å². The topological polar surface area (TPSA) is 61.4 Å². The van der Waals surface area contributed by atoms with Crippen LogP contribution in [0, 0.1) is 17.3 Å². The van der Waals surface area contributed by atoms with Crippen LogP contribution < -0.4 is 10.6 Å². The molecule has 156 valence electrons. The van der Waals surface area contributed by atoms with Crippen LogP contribution in [0.5, 0.6) is 0 Å². The van der Waals surface area contributed by atoms with Crippen molar-refractivity contribution in [1.82, 2.24) is 15.5 Å².